The lowest BCUT2D eigenvalue weighted by atomic mass is 9.96. The molecule has 0 radical (unpaired) electrons. The normalized spacial score (nSPS) is 19.1. The first-order valence-electron chi connectivity index (χ1n) is 8.27. The van der Waals surface area contributed by atoms with E-state index in [2.05, 4.69) is 0 Å². The number of hydrogen-bond donors (Lipinski definition) is 0. The van der Waals surface area contributed by atoms with Crippen LogP contribution in [0.25, 0.3) is 0 Å². The number of hydrogen-bond acceptors (Lipinski definition) is 3. The zero-order valence-corrected chi connectivity index (χ0v) is 13.6. The summed E-state index contributed by atoms with van der Waals surface area (Å²) < 4.78 is 6.03. The molecule has 2 atom stereocenters. The van der Waals surface area contributed by atoms with Crippen LogP contribution in [-0.4, -0.2) is 17.8 Å². The number of benzene rings is 3. The summed E-state index contributed by atoms with van der Waals surface area (Å²) in [4.78, 5) is 17.7. The fraction of sp³-hybridized carbons (Fsp3) is 0.0909. The molecule has 0 saturated heterocycles. The van der Waals surface area contributed by atoms with Crippen molar-refractivity contribution >= 4 is 11.7 Å². The van der Waals surface area contributed by atoms with Gasteiger partial charge in [-0.25, -0.2) is 4.99 Å². The number of aliphatic imine (C=N–C) groups is 1. The molecule has 25 heavy (non-hydrogen) atoms. The molecule has 122 valence electrons. The van der Waals surface area contributed by atoms with Crippen LogP contribution in [0.3, 0.4) is 0 Å². The molecule has 1 heterocycles. The van der Waals surface area contributed by atoms with E-state index in [4.69, 9.17) is 9.73 Å². The third-order valence-corrected chi connectivity index (χ3v) is 4.26. The van der Waals surface area contributed by atoms with Gasteiger partial charge in [0.2, 0.25) is 11.7 Å². The molecule has 0 fully saturated rings. The number of carbonyl (C=O) groups is 1. The second-order valence-corrected chi connectivity index (χ2v) is 5.92. The molecular weight excluding hydrogens is 310 g/mol. The molecule has 1 aliphatic heterocycles. The number of nitrogens with zero attached hydrogens (tertiary/aromatic N) is 1. The Kier molecular flexibility index (Phi) is 4.13. The third-order valence-electron chi connectivity index (χ3n) is 4.26. The molecule has 0 N–H and O–H groups in total. The van der Waals surface area contributed by atoms with Crippen LogP contribution in [-0.2, 0) is 4.74 Å². The molecule has 4 rings (SSSR count). The third kappa shape index (κ3) is 3.09. The molecule has 1 aliphatic rings. The van der Waals surface area contributed by atoms with Crippen LogP contribution < -0.4 is 0 Å². The van der Waals surface area contributed by atoms with Crippen molar-refractivity contribution in [1.82, 2.24) is 0 Å². The summed E-state index contributed by atoms with van der Waals surface area (Å²) in [6, 6.07) is 28.4. The molecule has 0 aromatic heterocycles. The summed E-state index contributed by atoms with van der Waals surface area (Å²) in [6.07, 6.45) is -0.653. The Morgan fingerprint density at radius 1 is 0.760 bits per heavy atom. The van der Waals surface area contributed by atoms with Crippen LogP contribution in [0.15, 0.2) is 96.0 Å². The minimum atomic E-state index is -0.653. The van der Waals surface area contributed by atoms with E-state index in [0.717, 1.165) is 11.1 Å². The van der Waals surface area contributed by atoms with E-state index in [9.17, 15) is 4.79 Å². The predicted octanol–water partition coefficient (Wildman–Crippen LogP) is 4.46. The van der Waals surface area contributed by atoms with Gasteiger partial charge in [-0.15, -0.1) is 0 Å². The van der Waals surface area contributed by atoms with Crippen LogP contribution in [0.4, 0.5) is 0 Å². The smallest absolute Gasteiger partial charge is 0.217 e. The largest absolute Gasteiger partial charge is 0.463 e. The summed E-state index contributed by atoms with van der Waals surface area (Å²) in [5.41, 5.74) is 2.49. The van der Waals surface area contributed by atoms with Gasteiger partial charge in [0.15, 0.2) is 6.10 Å². The molecule has 3 heteroatoms. The monoisotopic (exact) mass is 327 g/mol. The maximum Gasteiger partial charge on any atom is 0.217 e. The number of rotatable bonds is 4. The maximum atomic E-state index is 13.0. The Balaban J connectivity index is 1.72. The van der Waals surface area contributed by atoms with Gasteiger partial charge >= 0.3 is 0 Å². The lowest BCUT2D eigenvalue weighted by Crippen LogP contribution is -2.27. The Hall–Kier alpha value is -3.20. The average molecular weight is 327 g/mol. The quantitative estimate of drug-likeness (QED) is 0.664. The van der Waals surface area contributed by atoms with Crippen molar-refractivity contribution in [2.24, 2.45) is 4.99 Å². The van der Waals surface area contributed by atoms with Gasteiger partial charge in [-0.05, 0) is 17.7 Å². The van der Waals surface area contributed by atoms with Crippen LogP contribution >= 0.6 is 0 Å². The molecule has 0 bridgehead atoms. The number of ether oxygens (including phenoxy) is 1. The fourth-order valence-corrected chi connectivity index (χ4v) is 3.00. The Morgan fingerprint density at radius 2 is 1.32 bits per heavy atom. The Labute approximate surface area is 146 Å². The second kappa shape index (κ2) is 6.73. The standard InChI is InChI=1S/C22H17NO2/c24-20(17-12-6-2-7-13-17)21-19(16-10-4-1-5-11-16)23-22(25-21)18-14-8-3-9-15-18/h1-15,19,21H/t19-,21+/m0/s1. The van der Waals surface area contributed by atoms with Gasteiger partial charge in [-0.3, -0.25) is 4.79 Å². The van der Waals surface area contributed by atoms with Crippen molar-refractivity contribution in [2.75, 3.05) is 0 Å². The Morgan fingerprint density at radius 3 is 1.96 bits per heavy atom. The zero-order chi connectivity index (χ0) is 17.1. The highest BCUT2D eigenvalue weighted by atomic mass is 16.5. The molecule has 3 aromatic carbocycles. The van der Waals surface area contributed by atoms with Crippen LogP contribution in [0.1, 0.15) is 27.5 Å². The lowest BCUT2D eigenvalue weighted by molar-refractivity contribution is 0.0774. The minimum absolute atomic E-state index is 0.0517. The first kappa shape index (κ1) is 15.3. The van der Waals surface area contributed by atoms with E-state index < -0.39 is 6.10 Å². The van der Waals surface area contributed by atoms with E-state index in [-0.39, 0.29) is 11.8 Å². The van der Waals surface area contributed by atoms with Gasteiger partial charge in [0.1, 0.15) is 6.04 Å². The number of carbonyl (C=O) groups excluding carboxylic acids is 1. The first-order valence-corrected chi connectivity index (χ1v) is 8.27. The van der Waals surface area contributed by atoms with Crippen molar-refractivity contribution in [3.63, 3.8) is 0 Å². The summed E-state index contributed by atoms with van der Waals surface area (Å²) in [5.74, 6) is 0.466. The first-order chi connectivity index (χ1) is 12.3. The molecule has 3 nitrogen and oxygen atoms in total. The second-order valence-electron chi connectivity index (χ2n) is 5.92. The molecule has 0 aliphatic carbocycles. The lowest BCUT2D eigenvalue weighted by Gasteiger charge is -2.17. The molecule has 3 aromatic rings. The van der Waals surface area contributed by atoms with Crippen molar-refractivity contribution in [3.8, 4) is 0 Å². The molecule has 0 amide bonds. The van der Waals surface area contributed by atoms with Crippen LogP contribution in [0.2, 0.25) is 0 Å². The van der Waals surface area contributed by atoms with E-state index >= 15 is 0 Å². The molecule has 0 unspecified atom stereocenters. The maximum absolute atomic E-state index is 13.0. The summed E-state index contributed by atoms with van der Waals surface area (Å²) in [5, 5.41) is 0. The van der Waals surface area contributed by atoms with Gasteiger partial charge in [0.25, 0.3) is 0 Å². The van der Waals surface area contributed by atoms with Crippen molar-refractivity contribution in [2.45, 2.75) is 12.1 Å². The van der Waals surface area contributed by atoms with E-state index in [0.29, 0.717) is 11.5 Å². The SMILES string of the molecule is O=C(c1ccccc1)[C@@H]1OC(c2ccccc2)=N[C@H]1c1ccccc1. The van der Waals surface area contributed by atoms with Crippen molar-refractivity contribution in [1.29, 1.82) is 0 Å². The topological polar surface area (TPSA) is 38.7 Å². The predicted molar refractivity (Wildman–Crippen MR) is 97.8 cm³/mol. The minimum Gasteiger partial charge on any atom is -0.463 e. The summed E-state index contributed by atoms with van der Waals surface area (Å²) in [6.45, 7) is 0. The molecule has 0 saturated carbocycles. The van der Waals surface area contributed by atoms with Gasteiger partial charge in [0, 0.05) is 11.1 Å². The van der Waals surface area contributed by atoms with Gasteiger partial charge in [-0.2, -0.15) is 0 Å². The molecular formula is C22H17NO2. The molecule has 0 spiro atoms. The van der Waals surface area contributed by atoms with Crippen LogP contribution in [0, 0.1) is 0 Å². The highest BCUT2D eigenvalue weighted by molar-refractivity contribution is 6.05. The van der Waals surface area contributed by atoms with Crippen molar-refractivity contribution < 1.29 is 9.53 Å². The zero-order valence-electron chi connectivity index (χ0n) is 13.6. The van der Waals surface area contributed by atoms with E-state index in [1.165, 1.54) is 0 Å². The summed E-state index contributed by atoms with van der Waals surface area (Å²) in [7, 11) is 0. The van der Waals surface area contributed by atoms with Gasteiger partial charge < -0.3 is 4.74 Å². The highest BCUT2D eigenvalue weighted by Crippen LogP contribution is 2.33. The van der Waals surface area contributed by atoms with E-state index in [1.54, 1.807) is 0 Å². The van der Waals surface area contributed by atoms with Gasteiger partial charge in [0.05, 0.1) is 0 Å². The van der Waals surface area contributed by atoms with Crippen molar-refractivity contribution in [3.05, 3.63) is 108 Å². The number of Topliss-reactive ketones (excluding diaryl/α,β-unsaturated/α-hetero) is 1. The Bertz CT molecular complexity index is 889. The fourth-order valence-electron chi connectivity index (χ4n) is 3.00. The number of ketones is 1. The average Bonchev–Trinajstić information content (AvgIpc) is 3.15. The van der Waals surface area contributed by atoms with Crippen LogP contribution in [0.5, 0.6) is 0 Å². The highest BCUT2D eigenvalue weighted by Gasteiger charge is 2.38. The van der Waals surface area contributed by atoms with Gasteiger partial charge in [-0.1, -0.05) is 78.9 Å². The van der Waals surface area contributed by atoms with E-state index in [1.807, 2.05) is 91.0 Å². The summed E-state index contributed by atoms with van der Waals surface area (Å²) >= 11 is 0.